The first kappa shape index (κ1) is 9.58. The van der Waals surface area contributed by atoms with Gasteiger partial charge in [0.25, 0.3) is 0 Å². The van der Waals surface area contributed by atoms with E-state index in [-0.39, 0.29) is 0 Å². The lowest BCUT2D eigenvalue weighted by atomic mass is 10.2. The van der Waals surface area contributed by atoms with E-state index in [0.717, 1.165) is 17.2 Å². The highest BCUT2D eigenvalue weighted by Crippen LogP contribution is 2.18. The van der Waals surface area contributed by atoms with E-state index in [0.29, 0.717) is 5.82 Å². The summed E-state index contributed by atoms with van der Waals surface area (Å²) in [4.78, 5) is 0. The zero-order chi connectivity index (χ0) is 10.5. The van der Waals surface area contributed by atoms with Crippen LogP contribution < -0.4 is 5.43 Å². The maximum absolute atomic E-state index is 4.03. The Labute approximate surface area is 88.0 Å². The predicted molar refractivity (Wildman–Crippen MR) is 61.9 cm³/mol. The van der Waals surface area contributed by atoms with E-state index >= 15 is 0 Å². The average molecular weight is 200 g/mol. The Morgan fingerprint density at radius 3 is 3.13 bits per heavy atom. The van der Waals surface area contributed by atoms with E-state index in [2.05, 4.69) is 20.7 Å². The molecule has 1 aromatic carbocycles. The third-order valence-electron chi connectivity index (χ3n) is 2.01. The van der Waals surface area contributed by atoms with Gasteiger partial charge in [-0.05, 0) is 6.42 Å². The average Bonchev–Trinajstić information content (AvgIpc) is 2.30. The van der Waals surface area contributed by atoms with E-state index in [9.17, 15) is 0 Å². The number of nitrogens with zero attached hydrogens (tertiary/aromatic N) is 3. The molecule has 15 heavy (non-hydrogen) atoms. The summed E-state index contributed by atoms with van der Waals surface area (Å²) >= 11 is 0. The van der Waals surface area contributed by atoms with Crippen molar-refractivity contribution in [2.75, 3.05) is 5.43 Å². The maximum Gasteiger partial charge on any atom is 0.176 e. The topological polar surface area (TPSA) is 50.2 Å². The van der Waals surface area contributed by atoms with Crippen LogP contribution in [-0.4, -0.2) is 16.4 Å². The monoisotopic (exact) mass is 200 g/mol. The second-order valence-electron chi connectivity index (χ2n) is 3.11. The second kappa shape index (κ2) is 4.50. The van der Waals surface area contributed by atoms with Crippen LogP contribution in [0.2, 0.25) is 0 Å². The number of rotatable bonds is 3. The molecule has 4 heteroatoms. The van der Waals surface area contributed by atoms with Crippen LogP contribution in [0.3, 0.4) is 0 Å². The number of aromatic nitrogens is 2. The minimum Gasteiger partial charge on any atom is -0.260 e. The van der Waals surface area contributed by atoms with Crippen molar-refractivity contribution in [3.8, 4) is 0 Å². The lowest BCUT2D eigenvalue weighted by Crippen LogP contribution is -1.95. The fraction of sp³-hybridized carbons (Fsp3) is 0.182. The molecule has 0 aliphatic rings. The predicted octanol–water partition coefficient (Wildman–Crippen LogP) is 2.44. The Morgan fingerprint density at radius 2 is 2.27 bits per heavy atom. The van der Waals surface area contributed by atoms with E-state index in [1.54, 1.807) is 12.4 Å². The zero-order valence-corrected chi connectivity index (χ0v) is 8.51. The van der Waals surface area contributed by atoms with Crippen molar-refractivity contribution in [1.29, 1.82) is 0 Å². The molecule has 1 aromatic heterocycles. The Bertz CT molecular complexity index is 473. The van der Waals surface area contributed by atoms with Crippen molar-refractivity contribution in [2.24, 2.45) is 5.10 Å². The number of benzene rings is 1. The molecule has 0 aliphatic heterocycles. The van der Waals surface area contributed by atoms with Gasteiger partial charge in [0, 0.05) is 17.0 Å². The molecule has 76 valence electrons. The molecule has 0 amide bonds. The maximum atomic E-state index is 4.03. The summed E-state index contributed by atoms with van der Waals surface area (Å²) in [6, 6.07) is 7.94. The van der Waals surface area contributed by atoms with Crippen LogP contribution in [-0.2, 0) is 0 Å². The Balaban J connectivity index is 2.38. The Kier molecular flexibility index (Phi) is 2.88. The molecule has 0 bridgehead atoms. The molecule has 1 heterocycles. The van der Waals surface area contributed by atoms with E-state index < -0.39 is 0 Å². The smallest absolute Gasteiger partial charge is 0.176 e. The summed E-state index contributed by atoms with van der Waals surface area (Å²) in [6.45, 7) is 2.03. The fourth-order valence-corrected chi connectivity index (χ4v) is 1.31. The molecule has 1 N–H and O–H groups in total. The number of hydrazone groups is 1. The van der Waals surface area contributed by atoms with Gasteiger partial charge in [-0.15, -0.1) is 5.10 Å². The molecule has 2 rings (SSSR count). The fourth-order valence-electron chi connectivity index (χ4n) is 1.31. The Hall–Kier alpha value is -1.97. The summed E-state index contributed by atoms with van der Waals surface area (Å²) in [5, 5.41) is 14.0. The van der Waals surface area contributed by atoms with E-state index in [1.165, 1.54) is 0 Å². The summed E-state index contributed by atoms with van der Waals surface area (Å²) in [7, 11) is 0. The van der Waals surface area contributed by atoms with Crippen LogP contribution in [0.5, 0.6) is 0 Å². The van der Waals surface area contributed by atoms with Gasteiger partial charge < -0.3 is 0 Å². The lowest BCUT2D eigenvalue weighted by Gasteiger charge is -2.02. The van der Waals surface area contributed by atoms with Crippen molar-refractivity contribution in [1.82, 2.24) is 10.2 Å². The van der Waals surface area contributed by atoms with Gasteiger partial charge in [-0.25, -0.2) is 0 Å². The van der Waals surface area contributed by atoms with Gasteiger partial charge in [-0.1, -0.05) is 31.2 Å². The summed E-state index contributed by atoms with van der Waals surface area (Å²) in [5.41, 5.74) is 2.88. The first-order valence-corrected chi connectivity index (χ1v) is 4.89. The second-order valence-corrected chi connectivity index (χ2v) is 3.11. The number of hydrogen-bond acceptors (Lipinski definition) is 4. The zero-order valence-electron chi connectivity index (χ0n) is 8.51. The van der Waals surface area contributed by atoms with Gasteiger partial charge >= 0.3 is 0 Å². The molecule has 0 saturated carbocycles. The molecule has 0 radical (unpaired) electrons. The van der Waals surface area contributed by atoms with Gasteiger partial charge in [0.05, 0.1) is 6.20 Å². The van der Waals surface area contributed by atoms with Gasteiger partial charge in [0.1, 0.15) is 0 Å². The van der Waals surface area contributed by atoms with Crippen LogP contribution in [0.4, 0.5) is 5.82 Å². The summed E-state index contributed by atoms with van der Waals surface area (Å²) in [5.74, 6) is 0.692. The molecule has 4 nitrogen and oxygen atoms in total. The number of anilines is 1. The molecule has 0 unspecified atom stereocenters. The van der Waals surface area contributed by atoms with E-state index in [1.807, 2.05) is 31.2 Å². The van der Waals surface area contributed by atoms with Crippen molar-refractivity contribution in [3.05, 3.63) is 30.5 Å². The van der Waals surface area contributed by atoms with E-state index in [4.69, 9.17) is 0 Å². The molecular formula is C11H12N4. The summed E-state index contributed by atoms with van der Waals surface area (Å²) < 4.78 is 0. The normalized spacial score (nSPS) is 11.0. The van der Waals surface area contributed by atoms with Crippen molar-refractivity contribution >= 4 is 22.8 Å². The first-order chi connectivity index (χ1) is 7.42. The molecular weight excluding hydrogens is 188 g/mol. The Morgan fingerprint density at radius 1 is 1.40 bits per heavy atom. The van der Waals surface area contributed by atoms with Crippen LogP contribution in [0.25, 0.3) is 10.8 Å². The third-order valence-corrected chi connectivity index (χ3v) is 2.01. The quantitative estimate of drug-likeness (QED) is 0.611. The largest absolute Gasteiger partial charge is 0.260 e. The van der Waals surface area contributed by atoms with Crippen molar-refractivity contribution in [2.45, 2.75) is 13.3 Å². The van der Waals surface area contributed by atoms with Gasteiger partial charge in [-0.2, -0.15) is 10.2 Å². The van der Waals surface area contributed by atoms with Crippen molar-refractivity contribution < 1.29 is 0 Å². The summed E-state index contributed by atoms with van der Waals surface area (Å²) in [6.07, 6.45) is 4.43. The van der Waals surface area contributed by atoms with Crippen molar-refractivity contribution in [3.63, 3.8) is 0 Å². The number of fused-ring (bicyclic) bond motifs is 1. The van der Waals surface area contributed by atoms with Crippen LogP contribution in [0.15, 0.2) is 35.6 Å². The third kappa shape index (κ3) is 2.10. The highest BCUT2D eigenvalue weighted by atomic mass is 15.3. The first-order valence-electron chi connectivity index (χ1n) is 4.89. The molecule has 0 saturated heterocycles. The van der Waals surface area contributed by atoms with Gasteiger partial charge in [0.2, 0.25) is 0 Å². The van der Waals surface area contributed by atoms with Crippen LogP contribution in [0.1, 0.15) is 13.3 Å². The number of nitrogens with one attached hydrogen (secondary N) is 1. The number of hydrogen-bond donors (Lipinski definition) is 1. The van der Waals surface area contributed by atoms with Gasteiger partial charge in [0.15, 0.2) is 5.82 Å². The molecule has 0 atom stereocenters. The standard InChI is InChI=1S/C11H12N4/c1-2-7-12-14-11-10-6-4-3-5-9(10)8-13-15-11/h3-8H,2H2,1H3,(H,14,15)/b12-7-. The van der Waals surface area contributed by atoms with Gasteiger partial charge in [-0.3, -0.25) is 5.43 Å². The minimum atomic E-state index is 0.692. The highest BCUT2D eigenvalue weighted by molar-refractivity contribution is 5.90. The molecule has 2 aromatic rings. The van der Waals surface area contributed by atoms with Crippen LogP contribution >= 0.6 is 0 Å². The lowest BCUT2D eigenvalue weighted by molar-refractivity contribution is 1.04. The molecule has 0 aliphatic carbocycles. The van der Waals surface area contributed by atoms with Crippen LogP contribution in [0, 0.1) is 0 Å². The minimum absolute atomic E-state index is 0.692. The molecule has 0 spiro atoms. The SMILES string of the molecule is CC/C=N\Nc1nncc2ccccc12. The molecule has 0 fully saturated rings. The highest BCUT2D eigenvalue weighted by Gasteiger charge is 1.99.